The van der Waals surface area contributed by atoms with Crippen molar-refractivity contribution in [1.29, 1.82) is 0 Å². The molecule has 1 aromatic carbocycles. The summed E-state index contributed by atoms with van der Waals surface area (Å²) in [6.07, 6.45) is 0.871. The average molecular weight is 275 g/mol. The normalized spacial score (nSPS) is 22.1. The van der Waals surface area contributed by atoms with Gasteiger partial charge in [0.2, 0.25) is 5.91 Å². The Morgan fingerprint density at radius 1 is 1.40 bits per heavy atom. The maximum atomic E-state index is 12.3. The van der Waals surface area contributed by atoms with Gasteiger partial charge >= 0.3 is 5.97 Å². The van der Waals surface area contributed by atoms with Gasteiger partial charge in [0.05, 0.1) is 5.92 Å². The van der Waals surface area contributed by atoms with Gasteiger partial charge in [-0.3, -0.25) is 9.59 Å². The smallest absolute Gasteiger partial charge is 0.308 e. The van der Waals surface area contributed by atoms with E-state index in [4.69, 9.17) is 5.11 Å². The second kappa shape index (κ2) is 5.65. The molecule has 1 aliphatic rings. The number of hydrogen-bond donors (Lipinski definition) is 1. The van der Waals surface area contributed by atoms with Gasteiger partial charge in [-0.2, -0.15) is 0 Å². The van der Waals surface area contributed by atoms with E-state index in [1.165, 1.54) is 11.1 Å². The minimum atomic E-state index is -0.865. The lowest BCUT2D eigenvalue weighted by atomic mass is 10.0. The van der Waals surface area contributed by atoms with Crippen LogP contribution >= 0.6 is 0 Å². The van der Waals surface area contributed by atoms with Crippen LogP contribution in [0.5, 0.6) is 0 Å². The number of amides is 1. The minimum Gasteiger partial charge on any atom is -0.481 e. The SMILES string of the molecule is Cc1ccccc1[C@@H]1C[C@@H]1C(=O)N(C)C[C@@H](C)C(=O)O. The molecule has 1 fully saturated rings. The van der Waals surface area contributed by atoms with Crippen LogP contribution in [0.15, 0.2) is 24.3 Å². The molecule has 20 heavy (non-hydrogen) atoms. The van der Waals surface area contributed by atoms with Crippen LogP contribution in [0.2, 0.25) is 0 Å². The molecule has 0 aromatic heterocycles. The number of carbonyl (C=O) groups excluding carboxylic acids is 1. The highest BCUT2D eigenvalue weighted by Gasteiger charge is 2.45. The van der Waals surface area contributed by atoms with Crippen molar-refractivity contribution in [2.24, 2.45) is 11.8 Å². The van der Waals surface area contributed by atoms with Crippen LogP contribution in [-0.2, 0) is 9.59 Å². The van der Waals surface area contributed by atoms with Gasteiger partial charge in [-0.25, -0.2) is 0 Å². The second-order valence-electron chi connectivity index (χ2n) is 5.76. The van der Waals surface area contributed by atoms with E-state index in [9.17, 15) is 9.59 Å². The molecule has 2 rings (SSSR count). The van der Waals surface area contributed by atoms with Gasteiger partial charge in [-0.05, 0) is 30.4 Å². The van der Waals surface area contributed by atoms with Crippen LogP contribution < -0.4 is 0 Å². The molecule has 0 bridgehead atoms. The highest BCUT2D eigenvalue weighted by molar-refractivity contribution is 5.83. The van der Waals surface area contributed by atoms with E-state index < -0.39 is 11.9 Å². The first kappa shape index (κ1) is 14.6. The fourth-order valence-electron chi connectivity index (χ4n) is 2.68. The zero-order valence-corrected chi connectivity index (χ0v) is 12.2. The third-order valence-electron chi connectivity index (χ3n) is 4.04. The van der Waals surface area contributed by atoms with Crippen LogP contribution in [0.1, 0.15) is 30.4 Å². The molecule has 0 heterocycles. The number of carbonyl (C=O) groups is 2. The standard InChI is InChI=1S/C16H21NO3/c1-10-6-4-5-7-12(10)13-8-14(13)15(18)17(3)9-11(2)16(19)20/h4-7,11,13-14H,8-9H2,1-3H3,(H,19,20)/t11-,13+,14+/m1/s1. The molecule has 1 N–H and O–H groups in total. The number of aliphatic carboxylic acids is 1. The van der Waals surface area contributed by atoms with E-state index in [0.717, 1.165) is 6.42 Å². The van der Waals surface area contributed by atoms with Crippen LogP contribution in [0.4, 0.5) is 0 Å². The van der Waals surface area contributed by atoms with Gasteiger partial charge in [0.1, 0.15) is 0 Å². The topological polar surface area (TPSA) is 57.6 Å². The lowest BCUT2D eigenvalue weighted by molar-refractivity contribution is -0.142. The second-order valence-corrected chi connectivity index (χ2v) is 5.76. The summed E-state index contributed by atoms with van der Waals surface area (Å²) in [7, 11) is 1.69. The predicted molar refractivity (Wildman–Crippen MR) is 76.5 cm³/mol. The number of aryl methyl sites for hydroxylation is 1. The number of rotatable bonds is 5. The molecule has 1 saturated carbocycles. The van der Waals surface area contributed by atoms with Gasteiger partial charge in [-0.15, -0.1) is 0 Å². The van der Waals surface area contributed by atoms with Gasteiger partial charge in [-0.1, -0.05) is 31.2 Å². The van der Waals surface area contributed by atoms with Crippen molar-refractivity contribution in [2.45, 2.75) is 26.2 Å². The monoisotopic (exact) mass is 275 g/mol. The third kappa shape index (κ3) is 3.00. The summed E-state index contributed by atoms with van der Waals surface area (Å²) in [6, 6.07) is 8.13. The Hall–Kier alpha value is -1.84. The number of hydrogen-bond acceptors (Lipinski definition) is 2. The molecule has 4 heteroatoms. The fourth-order valence-corrected chi connectivity index (χ4v) is 2.68. The lowest BCUT2D eigenvalue weighted by Gasteiger charge is -2.19. The van der Waals surface area contributed by atoms with E-state index in [2.05, 4.69) is 19.1 Å². The maximum Gasteiger partial charge on any atom is 0.308 e. The van der Waals surface area contributed by atoms with E-state index in [-0.39, 0.29) is 18.4 Å². The van der Waals surface area contributed by atoms with E-state index >= 15 is 0 Å². The summed E-state index contributed by atoms with van der Waals surface area (Å²) in [5, 5.41) is 8.90. The van der Waals surface area contributed by atoms with Crippen LogP contribution in [0.3, 0.4) is 0 Å². The number of nitrogens with zero attached hydrogens (tertiary/aromatic N) is 1. The lowest BCUT2D eigenvalue weighted by Crippen LogP contribution is -2.34. The maximum absolute atomic E-state index is 12.3. The van der Waals surface area contributed by atoms with Crippen molar-refractivity contribution < 1.29 is 14.7 Å². The Labute approximate surface area is 119 Å². The molecule has 1 aliphatic carbocycles. The van der Waals surface area contributed by atoms with E-state index in [0.29, 0.717) is 5.92 Å². The quantitative estimate of drug-likeness (QED) is 0.897. The van der Waals surface area contributed by atoms with Gasteiger partial charge in [0.25, 0.3) is 0 Å². The molecule has 0 radical (unpaired) electrons. The molecular formula is C16H21NO3. The van der Waals surface area contributed by atoms with Crippen LogP contribution in [0.25, 0.3) is 0 Å². The highest BCUT2D eigenvalue weighted by Crippen LogP contribution is 2.49. The average Bonchev–Trinajstić information content (AvgIpc) is 3.18. The summed E-state index contributed by atoms with van der Waals surface area (Å²) >= 11 is 0. The van der Waals surface area contributed by atoms with Crippen molar-refractivity contribution in [3.8, 4) is 0 Å². The Bertz CT molecular complexity index is 526. The summed E-state index contributed by atoms with van der Waals surface area (Å²) in [4.78, 5) is 24.7. The van der Waals surface area contributed by atoms with Crippen LogP contribution in [0, 0.1) is 18.8 Å². The molecule has 0 unspecified atom stereocenters. The Kier molecular flexibility index (Phi) is 4.12. The molecule has 3 atom stereocenters. The zero-order valence-electron chi connectivity index (χ0n) is 12.2. The Balaban J connectivity index is 1.96. The zero-order chi connectivity index (χ0) is 14.9. The predicted octanol–water partition coefficient (Wildman–Crippen LogP) is 2.28. The Morgan fingerprint density at radius 2 is 2.05 bits per heavy atom. The number of benzene rings is 1. The Morgan fingerprint density at radius 3 is 2.65 bits per heavy atom. The molecule has 4 nitrogen and oxygen atoms in total. The summed E-state index contributed by atoms with van der Waals surface area (Å²) in [5.74, 6) is -1.02. The molecular weight excluding hydrogens is 254 g/mol. The van der Waals surface area contributed by atoms with E-state index in [1.54, 1.807) is 18.9 Å². The largest absolute Gasteiger partial charge is 0.481 e. The van der Waals surface area contributed by atoms with Gasteiger partial charge in [0, 0.05) is 19.5 Å². The van der Waals surface area contributed by atoms with Crippen molar-refractivity contribution in [2.75, 3.05) is 13.6 Å². The summed E-state index contributed by atoms with van der Waals surface area (Å²) in [6.45, 7) is 3.95. The molecule has 0 spiro atoms. The van der Waals surface area contributed by atoms with Crippen molar-refractivity contribution in [3.05, 3.63) is 35.4 Å². The van der Waals surface area contributed by atoms with Crippen molar-refractivity contribution >= 4 is 11.9 Å². The first-order valence-electron chi connectivity index (χ1n) is 6.95. The first-order valence-corrected chi connectivity index (χ1v) is 6.95. The minimum absolute atomic E-state index is 0.0158. The van der Waals surface area contributed by atoms with Crippen molar-refractivity contribution in [3.63, 3.8) is 0 Å². The molecule has 0 aliphatic heterocycles. The molecule has 108 valence electrons. The number of carboxylic acids is 1. The fraction of sp³-hybridized carbons (Fsp3) is 0.500. The molecule has 0 saturated heterocycles. The first-order chi connectivity index (χ1) is 9.41. The summed E-state index contributed by atoms with van der Waals surface area (Å²) in [5.41, 5.74) is 2.46. The number of carboxylic acid groups (broad SMARTS) is 1. The molecule has 1 amide bonds. The van der Waals surface area contributed by atoms with E-state index in [1.807, 2.05) is 12.1 Å². The van der Waals surface area contributed by atoms with Crippen LogP contribution in [-0.4, -0.2) is 35.5 Å². The molecule has 1 aromatic rings. The highest BCUT2D eigenvalue weighted by atomic mass is 16.4. The van der Waals surface area contributed by atoms with Crippen molar-refractivity contribution in [1.82, 2.24) is 4.90 Å². The summed E-state index contributed by atoms with van der Waals surface area (Å²) < 4.78 is 0. The third-order valence-corrected chi connectivity index (χ3v) is 4.04. The van der Waals surface area contributed by atoms with Gasteiger partial charge < -0.3 is 10.0 Å². The van der Waals surface area contributed by atoms with Gasteiger partial charge in [0.15, 0.2) is 0 Å².